The zero-order valence-electron chi connectivity index (χ0n) is 23.3. The van der Waals surface area contributed by atoms with E-state index in [1.165, 1.54) is 28.8 Å². The number of halogens is 2. The van der Waals surface area contributed by atoms with Gasteiger partial charge < -0.3 is 44.8 Å². The normalized spacial score (nSPS) is 17.6. The van der Waals surface area contributed by atoms with Gasteiger partial charge in [-0.15, -0.1) is 0 Å². The Hall–Kier alpha value is -1.85. The number of rotatable bonds is 4. The Kier molecular flexibility index (Phi) is 20.3. The molecule has 3 nitrogen and oxygen atoms in total. The molecular formula is C32H41Br2FeN3. The molecular weight excluding hydrogens is 642 g/mol. The predicted molar refractivity (Wildman–Crippen MR) is 152 cm³/mol. The van der Waals surface area contributed by atoms with Crippen molar-refractivity contribution in [2.45, 2.75) is 60.8 Å². The average molecular weight is 683 g/mol. The summed E-state index contributed by atoms with van der Waals surface area (Å²) in [5.74, 6) is 0.620. The van der Waals surface area contributed by atoms with E-state index < -0.39 is 0 Å². The number of pyridine rings is 1. The van der Waals surface area contributed by atoms with Crippen molar-refractivity contribution in [3.63, 3.8) is 0 Å². The van der Waals surface area contributed by atoms with E-state index in [2.05, 4.69) is 93.4 Å². The summed E-state index contributed by atoms with van der Waals surface area (Å²) in [7, 11) is 0. The summed E-state index contributed by atoms with van der Waals surface area (Å²) in [4.78, 5) is 4.31. The zero-order valence-corrected chi connectivity index (χ0v) is 27.6. The largest absolute Gasteiger partial charge is 2.00 e. The van der Waals surface area contributed by atoms with Gasteiger partial charge in [0.25, 0.3) is 0 Å². The summed E-state index contributed by atoms with van der Waals surface area (Å²) in [5.41, 5.74) is 8.88. The smallest absolute Gasteiger partial charge is 1.00 e. The van der Waals surface area contributed by atoms with Crippen LogP contribution in [-0.4, -0.2) is 16.4 Å². The molecule has 0 bridgehead atoms. The van der Waals surface area contributed by atoms with Crippen molar-refractivity contribution < 1.29 is 51.0 Å². The topological polar surface area (TPSA) is 60.6 Å². The first kappa shape index (κ1) is 38.3. The first-order valence-corrected chi connectivity index (χ1v) is 12.5. The maximum absolute atomic E-state index is 7.58. The number of allylic oxidation sites excluding steroid dienone is 8. The molecule has 4 rings (SSSR count). The van der Waals surface area contributed by atoms with Crippen molar-refractivity contribution in [3.8, 4) is 0 Å². The van der Waals surface area contributed by atoms with E-state index in [0.717, 1.165) is 35.4 Å². The minimum Gasteiger partial charge on any atom is -1.00 e. The molecule has 38 heavy (non-hydrogen) atoms. The van der Waals surface area contributed by atoms with E-state index >= 15 is 0 Å². The van der Waals surface area contributed by atoms with Crippen molar-refractivity contribution in [3.05, 3.63) is 113 Å². The quantitative estimate of drug-likeness (QED) is 0.479. The van der Waals surface area contributed by atoms with Crippen LogP contribution in [0.2, 0.25) is 0 Å². The van der Waals surface area contributed by atoms with Gasteiger partial charge in [0.2, 0.25) is 0 Å². The molecule has 0 radical (unpaired) electrons. The Balaban J connectivity index is 0. The third-order valence-corrected chi connectivity index (χ3v) is 6.14. The number of aromatic nitrogens is 1. The van der Waals surface area contributed by atoms with Gasteiger partial charge in [0.05, 0.1) is 0 Å². The molecule has 2 atom stereocenters. The molecule has 6 heteroatoms. The molecule has 0 aliphatic heterocycles. The molecule has 0 spiro atoms. The van der Waals surface area contributed by atoms with E-state index in [4.69, 9.17) is 10.8 Å². The van der Waals surface area contributed by atoms with Crippen LogP contribution < -0.4 is 34.0 Å². The van der Waals surface area contributed by atoms with Crippen LogP contribution in [0, 0.1) is 22.7 Å². The second-order valence-electron chi connectivity index (χ2n) is 9.54. The number of benzene rings is 1. The summed E-state index contributed by atoms with van der Waals surface area (Å²) in [6.45, 7) is 12.3. The van der Waals surface area contributed by atoms with Crippen LogP contribution in [0.3, 0.4) is 0 Å². The van der Waals surface area contributed by atoms with Gasteiger partial charge in [0, 0.05) is 35.1 Å². The SMILES string of the molecule is CC1=CC(C)C(=N)C(C)=C1.CC1=CC(C)C(=N)C(C)=C1.[Br-].[Br-].[Fe+2].c1ccc(CCCc2ccccn2)cc1. The van der Waals surface area contributed by atoms with E-state index in [-0.39, 0.29) is 51.0 Å². The van der Waals surface area contributed by atoms with Crippen LogP contribution in [0.25, 0.3) is 0 Å². The fourth-order valence-electron chi connectivity index (χ4n) is 4.27. The van der Waals surface area contributed by atoms with Gasteiger partial charge in [0.15, 0.2) is 0 Å². The van der Waals surface area contributed by atoms with E-state index in [1.807, 2.05) is 32.2 Å². The van der Waals surface area contributed by atoms with Crippen molar-refractivity contribution in [1.82, 2.24) is 4.98 Å². The van der Waals surface area contributed by atoms with Crippen LogP contribution in [-0.2, 0) is 29.9 Å². The summed E-state index contributed by atoms with van der Waals surface area (Å²) < 4.78 is 0. The van der Waals surface area contributed by atoms with Crippen molar-refractivity contribution in [1.29, 1.82) is 10.8 Å². The Bertz CT molecular complexity index is 1030. The van der Waals surface area contributed by atoms with Crippen LogP contribution >= 0.6 is 0 Å². The molecule has 2 N–H and O–H groups in total. The number of aryl methyl sites for hydroxylation is 2. The summed E-state index contributed by atoms with van der Waals surface area (Å²) in [6, 6.07) is 16.7. The minimum absolute atomic E-state index is 0. The van der Waals surface area contributed by atoms with Crippen molar-refractivity contribution in [2.24, 2.45) is 11.8 Å². The molecule has 2 aromatic rings. The third-order valence-electron chi connectivity index (χ3n) is 6.14. The number of nitrogens with zero attached hydrogens (tertiary/aromatic N) is 1. The zero-order chi connectivity index (χ0) is 25.8. The second-order valence-corrected chi connectivity index (χ2v) is 9.54. The van der Waals surface area contributed by atoms with Gasteiger partial charge in [-0.1, -0.05) is 85.7 Å². The van der Waals surface area contributed by atoms with Crippen molar-refractivity contribution >= 4 is 11.4 Å². The molecule has 0 saturated carbocycles. The third kappa shape index (κ3) is 13.8. The summed E-state index contributed by atoms with van der Waals surface area (Å²) in [5, 5.41) is 15.2. The van der Waals surface area contributed by atoms with Gasteiger partial charge in [-0.25, -0.2) is 0 Å². The summed E-state index contributed by atoms with van der Waals surface area (Å²) in [6.07, 6.45) is 13.6. The summed E-state index contributed by atoms with van der Waals surface area (Å²) >= 11 is 0. The molecule has 2 unspecified atom stereocenters. The fourth-order valence-corrected chi connectivity index (χ4v) is 4.27. The molecule has 2 aliphatic rings. The molecule has 1 heterocycles. The van der Waals surface area contributed by atoms with Crippen LogP contribution in [0.4, 0.5) is 0 Å². The molecule has 2 aliphatic carbocycles. The second kappa shape index (κ2) is 20.1. The molecule has 1 aromatic heterocycles. The Morgan fingerprint density at radius 2 is 1.16 bits per heavy atom. The Morgan fingerprint density at radius 1 is 0.684 bits per heavy atom. The van der Waals surface area contributed by atoms with Crippen LogP contribution in [0.5, 0.6) is 0 Å². The molecule has 206 valence electrons. The standard InChI is InChI=1S/C14H15N.2C9H13N.2BrH.Fe/c1-2-7-13(8-3-1)9-6-11-14-10-4-5-12-15-14;2*1-6-4-7(2)9(10)8(3)5-6;;;/h1-5,7-8,10,12H,6,9,11H2;2*4-5,7,10H,1-3H3;2*1H;/q;;;;;+2/p-2. The number of hydrogen-bond acceptors (Lipinski definition) is 3. The Labute approximate surface area is 262 Å². The van der Waals surface area contributed by atoms with E-state index in [9.17, 15) is 0 Å². The van der Waals surface area contributed by atoms with E-state index in [0.29, 0.717) is 11.8 Å². The number of nitrogens with one attached hydrogen (secondary N) is 2. The van der Waals surface area contributed by atoms with Gasteiger partial charge in [-0.3, -0.25) is 4.98 Å². The first-order chi connectivity index (χ1) is 16.7. The van der Waals surface area contributed by atoms with Crippen LogP contribution in [0.15, 0.2) is 101 Å². The minimum atomic E-state index is 0. The fraction of sp³-hybridized carbons (Fsp3) is 0.344. The molecule has 1 aromatic carbocycles. The average Bonchev–Trinajstić information content (AvgIpc) is 2.83. The van der Waals surface area contributed by atoms with Crippen molar-refractivity contribution in [2.75, 3.05) is 0 Å². The van der Waals surface area contributed by atoms with Gasteiger partial charge in [-0.05, 0) is 75.8 Å². The molecule has 0 amide bonds. The predicted octanol–water partition coefficient (Wildman–Crippen LogP) is 2.36. The molecule has 0 saturated heterocycles. The number of hydrogen-bond donors (Lipinski definition) is 2. The first-order valence-electron chi connectivity index (χ1n) is 12.5. The van der Waals surface area contributed by atoms with Gasteiger partial charge >= 0.3 is 17.1 Å². The Morgan fingerprint density at radius 3 is 1.58 bits per heavy atom. The van der Waals surface area contributed by atoms with E-state index in [1.54, 1.807) is 0 Å². The maximum Gasteiger partial charge on any atom is 2.00 e. The maximum atomic E-state index is 7.58. The van der Waals surface area contributed by atoms with Gasteiger partial charge in [-0.2, -0.15) is 0 Å². The van der Waals surface area contributed by atoms with Gasteiger partial charge in [0.1, 0.15) is 0 Å². The van der Waals surface area contributed by atoms with Crippen LogP contribution in [0.1, 0.15) is 59.2 Å². The monoisotopic (exact) mass is 681 g/mol. The molecule has 0 fully saturated rings.